The standard InChI is InChI=1S/C77H146O6/c1-4-7-10-13-15-17-19-21-23-25-27-29-31-33-35-37-38-40-41-43-45-47-49-51-53-55-57-59-61-64-67-70-76(79)82-73-74(72-81-75(78)69-66-63-12-9-6-3)83-77(80)71-68-65-62-60-58-56-54-52-50-48-46-44-42-39-36-34-32-30-28-26-24-22-20-18-16-14-11-8-5-2/h25-28,74H,4-24,29-73H2,1-3H3/b27-25-,28-26-. The number of hydrogen-bond donors (Lipinski definition) is 0. The van der Waals surface area contributed by atoms with E-state index in [0.717, 1.165) is 64.2 Å². The predicted octanol–water partition coefficient (Wildman–Crippen LogP) is 26.1. The minimum Gasteiger partial charge on any atom is -0.462 e. The van der Waals surface area contributed by atoms with E-state index in [1.807, 2.05) is 0 Å². The Morgan fingerprint density at radius 3 is 0.602 bits per heavy atom. The Kier molecular flexibility index (Phi) is 70.5. The first-order valence-corrected chi connectivity index (χ1v) is 37.8. The molecule has 490 valence electrons. The van der Waals surface area contributed by atoms with Gasteiger partial charge >= 0.3 is 17.9 Å². The Bertz CT molecular complexity index is 1340. The smallest absolute Gasteiger partial charge is 0.306 e. The number of carbonyl (C=O) groups is 3. The van der Waals surface area contributed by atoms with E-state index in [1.165, 1.54) is 327 Å². The van der Waals surface area contributed by atoms with Crippen molar-refractivity contribution < 1.29 is 28.6 Å². The lowest BCUT2D eigenvalue weighted by molar-refractivity contribution is -0.167. The third-order valence-electron chi connectivity index (χ3n) is 17.4. The molecule has 0 aliphatic carbocycles. The maximum absolute atomic E-state index is 12.9. The van der Waals surface area contributed by atoms with Gasteiger partial charge in [-0.3, -0.25) is 14.4 Å². The summed E-state index contributed by atoms with van der Waals surface area (Å²) in [6.45, 7) is 6.64. The summed E-state index contributed by atoms with van der Waals surface area (Å²) in [5, 5.41) is 0. The summed E-state index contributed by atoms with van der Waals surface area (Å²) in [7, 11) is 0. The fraction of sp³-hybridized carbons (Fsp3) is 0.909. The van der Waals surface area contributed by atoms with Gasteiger partial charge in [0.2, 0.25) is 0 Å². The average Bonchev–Trinajstić information content (AvgIpc) is 3.49. The summed E-state index contributed by atoms with van der Waals surface area (Å²) in [6, 6.07) is 0. The van der Waals surface area contributed by atoms with E-state index >= 15 is 0 Å². The molecule has 0 rings (SSSR count). The van der Waals surface area contributed by atoms with E-state index in [0.29, 0.717) is 19.3 Å². The molecule has 0 radical (unpaired) electrons. The zero-order chi connectivity index (χ0) is 59.9. The summed E-state index contributed by atoms with van der Waals surface area (Å²) in [5.41, 5.74) is 0. The Labute approximate surface area is 519 Å². The Morgan fingerprint density at radius 1 is 0.229 bits per heavy atom. The van der Waals surface area contributed by atoms with Crippen LogP contribution in [0.15, 0.2) is 24.3 Å². The van der Waals surface area contributed by atoms with Crippen molar-refractivity contribution in [3.8, 4) is 0 Å². The van der Waals surface area contributed by atoms with Crippen LogP contribution in [-0.2, 0) is 28.6 Å². The van der Waals surface area contributed by atoms with Gasteiger partial charge < -0.3 is 14.2 Å². The average molecular weight is 1170 g/mol. The number of hydrogen-bond acceptors (Lipinski definition) is 6. The number of esters is 3. The molecular formula is C77H146O6. The maximum atomic E-state index is 12.9. The Balaban J connectivity index is 3.88. The van der Waals surface area contributed by atoms with E-state index < -0.39 is 6.10 Å². The fourth-order valence-electron chi connectivity index (χ4n) is 11.7. The number of unbranched alkanes of at least 4 members (excludes halogenated alkanes) is 56. The number of rotatable bonds is 71. The molecule has 0 aromatic heterocycles. The predicted molar refractivity (Wildman–Crippen MR) is 363 cm³/mol. The van der Waals surface area contributed by atoms with Gasteiger partial charge in [-0.1, -0.05) is 366 Å². The number of carbonyl (C=O) groups excluding carboxylic acids is 3. The van der Waals surface area contributed by atoms with Crippen LogP contribution in [-0.4, -0.2) is 37.2 Å². The van der Waals surface area contributed by atoms with Crippen molar-refractivity contribution in [2.45, 2.75) is 438 Å². The Hall–Kier alpha value is -2.11. The first-order valence-electron chi connectivity index (χ1n) is 37.8. The molecule has 0 N–H and O–H groups in total. The molecular weight excluding hydrogens is 1020 g/mol. The van der Waals surface area contributed by atoms with Gasteiger partial charge in [0.1, 0.15) is 13.2 Å². The van der Waals surface area contributed by atoms with Crippen LogP contribution >= 0.6 is 0 Å². The normalized spacial score (nSPS) is 12.1. The Morgan fingerprint density at radius 2 is 0.398 bits per heavy atom. The van der Waals surface area contributed by atoms with Crippen LogP contribution in [0.5, 0.6) is 0 Å². The number of ether oxygens (including phenoxy) is 3. The van der Waals surface area contributed by atoms with Crippen molar-refractivity contribution in [3.05, 3.63) is 24.3 Å². The van der Waals surface area contributed by atoms with Crippen LogP contribution in [0.1, 0.15) is 432 Å². The van der Waals surface area contributed by atoms with Crippen molar-refractivity contribution in [3.63, 3.8) is 0 Å². The molecule has 0 aromatic rings. The van der Waals surface area contributed by atoms with Gasteiger partial charge in [-0.05, 0) is 70.6 Å². The minimum atomic E-state index is -0.765. The summed E-state index contributed by atoms with van der Waals surface area (Å²) in [6.07, 6.45) is 90.1. The molecule has 6 heteroatoms. The van der Waals surface area contributed by atoms with Gasteiger partial charge in [-0.25, -0.2) is 0 Å². The molecule has 0 aliphatic heterocycles. The lowest BCUT2D eigenvalue weighted by Gasteiger charge is -2.18. The van der Waals surface area contributed by atoms with Crippen LogP contribution in [0.4, 0.5) is 0 Å². The van der Waals surface area contributed by atoms with Crippen molar-refractivity contribution in [2.24, 2.45) is 0 Å². The SMILES string of the molecule is CCCCCCCCCC/C=C\CCCCCCCCCCCCCCCCCCCCCC(=O)OCC(COC(=O)CCCCCCC)OC(=O)CCCCCCCCCCCCCCCCCCC/C=C\CCCCCCCCCC. The van der Waals surface area contributed by atoms with Gasteiger partial charge in [-0.2, -0.15) is 0 Å². The molecule has 1 atom stereocenters. The summed E-state index contributed by atoms with van der Waals surface area (Å²) in [5.74, 6) is -0.849. The van der Waals surface area contributed by atoms with Gasteiger partial charge in [0.05, 0.1) is 0 Å². The van der Waals surface area contributed by atoms with Gasteiger partial charge in [0.25, 0.3) is 0 Å². The molecule has 0 bridgehead atoms. The molecule has 0 saturated carbocycles. The van der Waals surface area contributed by atoms with Gasteiger partial charge in [0.15, 0.2) is 6.10 Å². The van der Waals surface area contributed by atoms with Gasteiger partial charge in [0, 0.05) is 19.3 Å². The van der Waals surface area contributed by atoms with Crippen LogP contribution < -0.4 is 0 Å². The van der Waals surface area contributed by atoms with E-state index in [1.54, 1.807) is 0 Å². The molecule has 0 heterocycles. The molecule has 1 unspecified atom stereocenters. The first kappa shape index (κ1) is 80.9. The largest absolute Gasteiger partial charge is 0.462 e. The second kappa shape index (κ2) is 72.4. The second-order valence-corrected chi connectivity index (χ2v) is 25.9. The maximum Gasteiger partial charge on any atom is 0.306 e. The fourth-order valence-corrected chi connectivity index (χ4v) is 11.7. The van der Waals surface area contributed by atoms with Gasteiger partial charge in [-0.15, -0.1) is 0 Å². The topological polar surface area (TPSA) is 78.9 Å². The van der Waals surface area contributed by atoms with Crippen molar-refractivity contribution >= 4 is 17.9 Å². The monoisotopic (exact) mass is 1170 g/mol. The third-order valence-corrected chi connectivity index (χ3v) is 17.4. The van der Waals surface area contributed by atoms with E-state index in [9.17, 15) is 14.4 Å². The van der Waals surface area contributed by atoms with Crippen molar-refractivity contribution in [1.82, 2.24) is 0 Å². The second-order valence-electron chi connectivity index (χ2n) is 25.9. The van der Waals surface area contributed by atoms with Crippen LogP contribution in [0, 0.1) is 0 Å². The van der Waals surface area contributed by atoms with Crippen LogP contribution in [0.2, 0.25) is 0 Å². The highest BCUT2D eigenvalue weighted by molar-refractivity contribution is 5.71. The first-order chi connectivity index (χ1) is 41.0. The molecule has 0 amide bonds. The van der Waals surface area contributed by atoms with Crippen molar-refractivity contribution in [2.75, 3.05) is 13.2 Å². The number of allylic oxidation sites excluding steroid dienone is 4. The van der Waals surface area contributed by atoms with E-state index in [2.05, 4.69) is 45.1 Å². The molecule has 0 aromatic carbocycles. The van der Waals surface area contributed by atoms with E-state index in [4.69, 9.17) is 14.2 Å². The zero-order valence-electron chi connectivity index (χ0n) is 56.5. The van der Waals surface area contributed by atoms with E-state index in [-0.39, 0.29) is 31.1 Å². The lowest BCUT2D eigenvalue weighted by Crippen LogP contribution is -2.30. The summed E-state index contributed by atoms with van der Waals surface area (Å²) in [4.78, 5) is 38.1. The quantitative estimate of drug-likeness (QED) is 0.0261. The molecule has 6 nitrogen and oxygen atoms in total. The summed E-state index contributed by atoms with van der Waals surface area (Å²) < 4.78 is 16.9. The highest BCUT2D eigenvalue weighted by Crippen LogP contribution is 2.19. The minimum absolute atomic E-state index is 0.0652. The highest BCUT2D eigenvalue weighted by Gasteiger charge is 2.20. The molecule has 0 fully saturated rings. The van der Waals surface area contributed by atoms with Crippen molar-refractivity contribution in [1.29, 1.82) is 0 Å². The van der Waals surface area contributed by atoms with Crippen LogP contribution in [0.3, 0.4) is 0 Å². The van der Waals surface area contributed by atoms with Crippen LogP contribution in [0.25, 0.3) is 0 Å². The molecule has 0 saturated heterocycles. The molecule has 83 heavy (non-hydrogen) atoms. The third kappa shape index (κ3) is 70.5. The molecule has 0 aliphatic rings. The highest BCUT2D eigenvalue weighted by atomic mass is 16.6. The zero-order valence-corrected chi connectivity index (χ0v) is 56.5. The lowest BCUT2D eigenvalue weighted by atomic mass is 10.0. The summed E-state index contributed by atoms with van der Waals surface area (Å²) >= 11 is 0. The molecule has 0 spiro atoms.